The van der Waals surface area contributed by atoms with Crippen LogP contribution < -0.4 is 10.6 Å². The average Bonchev–Trinajstić information content (AvgIpc) is 2.46. The molecule has 110 valence electrons. The highest BCUT2D eigenvalue weighted by molar-refractivity contribution is 5.92. The highest BCUT2D eigenvalue weighted by atomic mass is 16.1. The third-order valence-corrected chi connectivity index (χ3v) is 3.05. The fraction of sp³-hybridized carbons (Fsp3) is 0.294. The number of carbonyl (C=O) groups excluding carboxylic acids is 1. The van der Waals surface area contributed by atoms with Crippen molar-refractivity contribution in [2.24, 2.45) is 0 Å². The number of aryl methyl sites for hydroxylation is 1. The zero-order chi connectivity index (χ0) is 15.1. The average molecular weight is 283 g/mol. The highest BCUT2D eigenvalue weighted by Gasteiger charge is 2.04. The van der Waals surface area contributed by atoms with Gasteiger partial charge in [0.15, 0.2) is 0 Å². The number of hydrogen-bond acceptors (Lipinski definition) is 3. The van der Waals surface area contributed by atoms with Gasteiger partial charge in [0.05, 0.1) is 18.3 Å². The van der Waals surface area contributed by atoms with Crippen LogP contribution in [0, 0.1) is 6.92 Å². The second-order valence-corrected chi connectivity index (χ2v) is 5.07. The van der Waals surface area contributed by atoms with Crippen LogP contribution in [0.2, 0.25) is 0 Å². The van der Waals surface area contributed by atoms with E-state index in [4.69, 9.17) is 0 Å². The van der Waals surface area contributed by atoms with Crippen molar-refractivity contribution in [1.29, 1.82) is 0 Å². The van der Waals surface area contributed by atoms with E-state index in [1.54, 1.807) is 6.20 Å². The van der Waals surface area contributed by atoms with E-state index < -0.39 is 0 Å². The number of rotatable bonds is 6. The highest BCUT2D eigenvalue weighted by Crippen LogP contribution is 2.11. The Morgan fingerprint density at radius 2 is 2.10 bits per heavy atom. The minimum absolute atomic E-state index is 0.0309. The van der Waals surface area contributed by atoms with E-state index >= 15 is 0 Å². The molecule has 2 rings (SSSR count). The Morgan fingerprint density at radius 3 is 2.76 bits per heavy atom. The lowest BCUT2D eigenvalue weighted by atomic mass is 10.1. The normalized spacial score (nSPS) is 10.2. The van der Waals surface area contributed by atoms with Crippen molar-refractivity contribution < 1.29 is 4.79 Å². The molecule has 0 unspecified atom stereocenters. The summed E-state index contributed by atoms with van der Waals surface area (Å²) in [5, 5.41) is 6.06. The smallest absolute Gasteiger partial charge is 0.228 e. The van der Waals surface area contributed by atoms with Gasteiger partial charge in [-0.1, -0.05) is 36.8 Å². The standard InChI is InChI=1S/C17H21N3O/c1-3-9-18-16-8-7-15(12-19-16)20-17(21)11-14-6-4-5-13(2)10-14/h4-8,10,12H,3,9,11H2,1-2H3,(H,18,19)(H,20,21). The largest absolute Gasteiger partial charge is 0.370 e. The van der Waals surface area contributed by atoms with Crippen LogP contribution in [0.5, 0.6) is 0 Å². The number of aromatic nitrogens is 1. The Hall–Kier alpha value is -2.36. The van der Waals surface area contributed by atoms with Crippen molar-refractivity contribution in [3.63, 3.8) is 0 Å². The van der Waals surface area contributed by atoms with Crippen molar-refractivity contribution in [3.8, 4) is 0 Å². The van der Waals surface area contributed by atoms with Crippen LogP contribution in [0.1, 0.15) is 24.5 Å². The van der Waals surface area contributed by atoms with E-state index in [2.05, 4.69) is 22.5 Å². The van der Waals surface area contributed by atoms with Gasteiger partial charge in [0.25, 0.3) is 0 Å². The summed E-state index contributed by atoms with van der Waals surface area (Å²) in [7, 11) is 0. The van der Waals surface area contributed by atoms with Crippen LogP contribution in [-0.4, -0.2) is 17.4 Å². The third kappa shape index (κ3) is 4.91. The van der Waals surface area contributed by atoms with Crippen molar-refractivity contribution >= 4 is 17.4 Å². The van der Waals surface area contributed by atoms with Crippen LogP contribution in [-0.2, 0) is 11.2 Å². The minimum Gasteiger partial charge on any atom is -0.370 e. The van der Waals surface area contributed by atoms with E-state index in [1.165, 1.54) is 0 Å². The fourth-order valence-corrected chi connectivity index (χ4v) is 2.04. The van der Waals surface area contributed by atoms with E-state index in [9.17, 15) is 4.79 Å². The maximum Gasteiger partial charge on any atom is 0.228 e. The maximum atomic E-state index is 12.0. The van der Waals surface area contributed by atoms with Crippen LogP contribution in [0.15, 0.2) is 42.6 Å². The number of amides is 1. The summed E-state index contributed by atoms with van der Waals surface area (Å²) in [5.41, 5.74) is 2.89. The molecule has 0 fully saturated rings. The molecule has 0 spiro atoms. The molecule has 0 aliphatic rings. The first-order chi connectivity index (χ1) is 10.2. The van der Waals surface area contributed by atoms with Gasteiger partial charge in [-0.05, 0) is 31.0 Å². The molecule has 1 aromatic heterocycles. The van der Waals surface area contributed by atoms with Gasteiger partial charge < -0.3 is 10.6 Å². The van der Waals surface area contributed by atoms with Crippen molar-refractivity contribution in [1.82, 2.24) is 4.98 Å². The molecule has 0 atom stereocenters. The van der Waals surface area contributed by atoms with E-state index in [1.807, 2.05) is 43.3 Å². The van der Waals surface area contributed by atoms with Crippen LogP contribution in [0.4, 0.5) is 11.5 Å². The molecule has 4 heteroatoms. The molecule has 4 nitrogen and oxygen atoms in total. The molecule has 0 saturated carbocycles. The molecule has 0 aliphatic carbocycles. The van der Waals surface area contributed by atoms with E-state index in [-0.39, 0.29) is 5.91 Å². The lowest BCUT2D eigenvalue weighted by Gasteiger charge is -2.07. The number of hydrogen-bond donors (Lipinski definition) is 2. The Labute approximate surface area is 125 Å². The van der Waals surface area contributed by atoms with Gasteiger partial charge in [0.2, 0.25) is 5.91 Å². The van der Waals surface area contributed by atoms with Crippen LogP contribution in [0.25, 0.3) is 0 Å². The van der Waals surface area contributed by atoms with Crippen molar-refractivity contribution in [2.75, 3.05) is 17.2 Å². The van der Waals surface area contributed by atoms with Crippen LogP contribution in [0.3, 0.4) is 0 Å². The van der Waals surface area contributed by atoms with Gasteiger partial charge in [-0.15, -0.1) is 0 Å². The van der Waals surface area contributed by atoms with Gasteiger partial charge in [-0.25, -0.2) is 4.98 Å². The zero-order valence-corrected chi connectivity index (χ0v) is 12.5. The first kappa shape index (κ1) is 15.0. The quantitative estimate of drug-likeness (QED) is 0.854. The molecule has 0 radical (unpaired) electrons. The summed E-state index contributed by atoms with van der Waals surface area (Å²) in [6, 6.07) is 11.7. The molecule has 1 amide bonds. The molecule has 0 saturated heterocycles. The summed E-state index contributed by atoms with van der Waals surface area (Å²) >= 11 is 0. The van der Waals surface area contributed by atoms with Gasteiger partial charge in [-0.3, -0.25) is 4.79 Å². The zero-order valence-electron chi connectivity index (χ0n) is 12.5. The third-order valence-electron chi connectivity index (χ3n) is 3.05. The molecular weight excluding hydrogens is 262 g/mol. The number of anilines is 2. The Morgan fingerprint density at radius 1 is 1.24 bits per heavy atom. The monoisotopic (exact) mass is 283 g/mol. The second kappa shape index (κ2) is 7.43. The molecule has 2 N–H and O–H groups in total. The van der Waals surface area contributed by atoms with E-state index in [0.29, 0.717) is 6.42 Å². The topological polar surface area (TPSA) is 54.0 Å². The summed E-state index contributed by atoms with van der Waals surface area (Å²) in [5.74, 6) is 0.796. The Bertz CT molecular complexity index is 593. The predicted molar refractivity (Wildman–Crippen MR) is 86.5 cm³/mol. The summed E-state index contributed by atoms with van der Waals surface area (Å²) in [4.78, 5) is 16.3. The number of carbonyl (C=O) groups is 1. The molecular formula is C17H21N3O. The SMILES string of the molecule is CCCNc1ccc(NC(=O)Cc2cccc(C)c2)cn1. The van der Waals surface area contributed by atoms with Crippen molar-refractivity contribution in [3.05, 3.63) is 53.7 Å². The maximum absolute atomic E-state index is 12.0. The summed E-state index contributed by atoms with van der Waals surface area (Å²) in [6.07, 6.45) is 3.10. The minimum atomic E-state index is -0.0309. The Kier molecular flexibility index (Phi) is 5.32. The molecule has 0 bridgehead atoms. The Balaban J connectivity index is 1.90. The first-order valence-corrected chi connectivity index (χ1v) is 7.22. The van der Waals surface area contributed by atoms with Gasteiger partial charge in [0.1, 0.15) is 5.82 Å². The van der Waals surface area contributed by atoms with Gasteiger partial charge in [-0.2, -0.15) is 0 Å². The summed E-state index contributed by atoms with van der Waals surface area (Å²) in [6.45, 7) is 5.02. The van der Waals surface area contributed by atoms with E-state index in [0.717, 1.165) is 35.6 Å². The number of nitrogens with zero attached hydrogens (tertiary/aromatic N) is 1. The molecule has 1 aromatic carbocycles. The lowest BCUT2D eigenvalue weighted by molar-refractivity contribution is -0.115. The number of benzene rings is 1. The van der Waals surface area contributed by atoms with Gasteiger partial charge in [0, 0.05) is 6.54 Å². The predicted octanol–water partition coefficient (Wildman–Crippen LogP) is 3.39. The first-order valence-electron chi connectivity index (χ1n) is 7.22. The molecule has 0 aliphatic heterocycles. The summed E-state index contributed by atoms with van der Waals surface area (Å²) < 4.78 is 0. The molecule has 21 heavy (non-hydrogen) atoms. The molecule has 2 aromatic rings. The molecule has 1 heterocycles. The fourth-order valence-electron chi connectivity index (χ4n) is 2.04. The van der Waals surface area contributed by atoms with Crippen LogP contribution >= 0.6 is 0 Å². The van der Waals surface area contributed by atoms with Crippen molar-refractivity contribution in [2.45, 2.75) is 26.7 Å². The number of nitrogens with one attached hydrogen (secondary N) is 2. The number of pyridine rings is 1. The van der Waals surface area contributed by atoms with Gasteiger partial charge >= 0.3 is 0 Å². The second-order valence-electron chi connectivity index (χ2n) is 5.07. The lowest BCUT2D eigenvalue weighted by Crippen LogP contribution is -2.14.